The normalized spacial score (nSPS) is 10.1. The van der Waals surface area contributed by atoms with Gasteiger partial charge in [-0.05, 0) is 56.3 Å². The number of hydrogen-bond donors (Lipinski definition) is 3. The summed E-state index contributed by atoms with van der Waals surface area (Å²) >= 11 is 0. The molecule has 0 saturated carbocycles. The quantitative estimate of drug-likeness (QED) is 0.678. The molecule has 0 atom stereocenters. The van der Waals surface area contributed by atoms with Gasteiger partial charge in [0.15, 0.2) is 0 Å². The van der Waals surface area contributed by atoms with E-state index in [9.17, 15) is 9.59 Å². The van der Waals surface area contributed by atoms with Gasteiger partial charge < -0.3 is 20.9 Å². The predicted molar refractivity (Wildman–Crippen MR) is 108 cm³/mol. The number of anilines is 4. The van der Waals surface area contributed by atoms with Crippen molar-refractivity contribution in [1.29, 1.82) is 0 Å². The molecule has 3 N–H and O–H groups in total. The summed E-state index contributed by atoms with van der Waals surface area (Å²) in [4.78, 5) is 25.5. The Morgan fingerprint density at radius 2 is 1.50 bits per heavy atom. The molecule has 138 valence electrons. The smallest absolute Gasteiger partial charge is 0.243 e. The second-order valence-corrected chi connectivity index (χ2v) is 5.88. The molecule has 0 spiro atoms. The summed E-state index contributed by atoms with van der Waals surface area (Å²) in [7, 11) is 0. The van der Waals surface area contributed by atoms with Crippen LogP contribution in [0, 0.1) is 0 Å². The van der Waals surface area contributed by atoms with Crippen molar-refractivity contribution in [3.8, 4) is 0 Å². The number of carbonyl (C=O) groups excluding carboxylic acids is 2. The van der Waals surface area contributed by atoms with E-state index in [1.165, 1.54) is 12.6 Å². The molecular weight excluding hydrogens is 328 g/mol. The lowest BCUT2D eigenvalue weighted by molar-refractivity contribution is -0.115. The fourth-order valence-electron chi connectivity index (χ4n) is 2.64. The second kappa shape index (κ2) is 9.46. The van der Waals surface area contributed by atoms with Gasteiger partial charge in [0.05, 0.1) is 6.54 Å². The number of rotatable bonds is 8. The van der Waals surface area contributed by atoms with E-state index in [1.807, 2.05) is 24.3 Å². The van der Waals surface area contributed by atoms with Gasteiger partial charge in [-0.15, -0.1) is 0 Å². The van der Waals surface area contributed by atoms with Gasteiger partial charge >= 0.3 is 0 Å². The lowest BCUT2D eigenvalue weighted by Crippen LogP contribution is -2.22. The van der Waals surface area contributed by atoms with Gasteiger partial charge in [-0.25, -0.2) is 0 Å². The molecule has 2 aromatic carbocycles. The SMILES string of the molecule is CCN(CC)c1ccc(NCC(=O)Nc2cccc(NC(C)=O)c2)cc1. The van der Waals surface area contributed by atoms with E-state index < -0.39 is 0 Å². The number of amides is 2. The van der Waals surface area contributed by atoms with Crippen molar-refractivity contribution in [2.24, 2.45) is 0 Å². The van der Waals surface area contributed by atoms with Crippen molar-refractivity contribution in [1.82, 2.24) is 0 Å². The van der Waals surface area contributed by atoms with Crippen LogP contribution in [0.4, 0.5) is 22.7 Å². The molecule has 0 aliphatic carbocycles. The highest BCUT2D eigenvalue weighted by Crippen LogP contribution is 2.18. The number of nitrogens with one attached hydrogen (secondary N) is 3. The fraction of sp³-hybridized carbons (Fsp3) is 0.300. The zero-order valence-electron chi connectivity index (χ0n) is 15.5. The molecule has 2 rings (SSSR count). The first kappa shape index (κ1) is 19.3. The molecule has 0 bridgehead atoms. The van der Waals surface area contributed by atoms with Gasteiger partial charge in [0.25, 0.3) is 0 Å². The van der Waals surface area contributed by atoms with E-state index >= 15 is 0 Å². The Morgan fingerprint density at radius 1 is 0.885 bits per heavy atom. The minimum absolute atomic E-state index is 0.150. The number of benzene rings is 2. The van der Waals surface area contributed by atoms with E-state index in [4.69, 9.17) is 0 Å². The van der Waals surface area contributed by atoms with Crippen molar-refractivity contribution < 1.29 is 9.59 Å². The van der Waals surface area contributed by atoms with Crippen LogP contribution in [0.1, 0.15) is 20.8 Å². The topological polar surface area (TPSA) is 73.5 Å². The van der Waals surface area contributed by atoms with Crippen LogP contribution in [0.25, 0.3) is 0 Å². The van der Waals surface area contributed by atoms with E-state index in [-0.39, 0.29) is 18.4 Å². The number of nitrogens with zero attached hydrogens (tertiary/aromatic N) is 1. The maximum absolute atomic E-state index is 12.1. The van der Waals surface area contributed by atoms with Crippen molar-refractivity contribution in [3.63, 3.8) is 0 Å². The van der Waals surface area contributed by atoms with Crippen LogP contribution in [0.5, 0.6) is 0 Å². The van der Waals surface area contributed by atoms with Crippen molar-refractivity contribution in [2.45, 2.75) is 20.8 Å². The molecular formula is C20H26N4O2. The molecule has 0 radical (unpaired) electrons. The summed E-state index contributed by atoms with van der Waals surface area (Å²) in [6, 6.07) is 15.1. The molecule has 0 saturated heterocycles. The first-order valence-corrected chi connectivity index (χ1v) is 8.78. The summed E-state index contributed by atoms with van der Waals surface area (Å²) in [6.07, 6.45) is 0. The van der Waals surface area contributed by atoms with Crippen molar-refractivity contribution in [3.05, 3.63) is 48.5 Å². The Kier molecular flexibility index (Phi) is 7.02. The zero-order valence-corrected chi connectivity index (χ0v) is 15.5. The van der Waals surface area contributed by atoms with Gasteiger partial charge in [0.2, 0.25) is 11.8 Å². The van der Waals surface area contributed by atoms with Crippen molar-refractivity contribution in [2.75, 3.05) is 40.5 Å². The molecule has 2 amide bonds. The third kappa shape index (κ3) is 5.81. The average Bonchev–Trinajstić information content (AvgIpc) is 2.62. The monoisotopic (exact) mass is 354 g/mol. The predicted octanol–water partition coefficient (Wildman–Crippen LogP) is 3.54. The maximum Gasteiger partial charge on any atom is 0.243 e. The molecule has 6 heteroatoms. The number of carbonyl (C=O) groups is 2. The van der Waals surface area contributed by atoms with Gasteiger partial charge in [0, 0.05) is 42.8 Å². The first-order valence-electron chi connectivity index (χ1n) is 8.78. The molecule has 6 nitrogen and oxygen atoms in total. The van der Waals surface area contributed by atoms with Gasteiger partial charge in [-0.3, -0.25) is 9.59 Å². The van der Waals surface area contributed by atoms with Crippen LogP contribution in [-0.4, -0.2) is 31.4 Å². The highest BCUT2D eigenvalue weighted by Gasteiger charge is 2.05. The van der Waals surface area contributed by atoms with Gasteiger partial charge in [-0.1, -0.05) is 6.07 Å². The Labute approximate surface area is 154 Å². The summed E-state index contributed by atoms with van der Waals surface area (Å²) < 4.78 is 0. The Bertz CT molecular complexity index is 740. The van der Waals surface area contributed by atoms with Crippen LogP contribution >= 0.6 is 0 Å². The van der Waals surface area contributed by atoms with E-state index in [0.717, 1.165) is 18.8 Å². The summed E-state index contributed by atoms with van der Waals surface area (Å²) in [5.74, 6) is -0.305. The van der Waals surface area contributed by atoms with E-state index in [0.29, 0.717) is 11.4 Å². The third-order valence-corrected chi connectivity index (χ3v) is 3.92. The second-order valence-electron chi connectivity index (χ2n) is 5.88. The average molecular weight is 354 g/mol. The van der Waals surface area contributed by atoms with Gasteiger partial charge in [0.1, 0.15) is 0 Å². The first-order chi connectivity index (χ1) is 12.5. The minimum Gasteiger partial charge on any atom is -0.376 e. The van der Waals surface area contributed by atoms with Crippen LogP contribution in [0.3, 0.4) is 0 Å². The van der Waals surface area contributed by atoms with Crippen LogP contribution in [0.15, 0.2) is 48.5 Å². The van der Waals surface area contributed by atoms with Crippen LogP contribution in [-0.2, 0) is 9.59 Å². The van der Waals surface area contributed by atoms with E-state index in [2.05, 4.69) is 34.7 Å². The fourth-order valence-corrected chi connectivity index (χ4v) is 2.64. The Balaban J connectivity index is 1.88. The highest BCUT2D eigenvalue weighted by atomic mass is 16.2. The summed E-state index contributed by atoms with van der Waals surface area (Å²) in [6.45, 7) is 7.78. The standard InChI is InChI=1S/C20H26N4O2/c1-4-24(5-2)19-11-9-16(10-12-19)21-14-20(26)23-18-8-6-7-17(13-18)22-15(3)25/h6-13,21H,4-5,14H2,1-3H3,(H,22,25)(H,23,26). The zero-order chi connectivity index (χ0) is 18.9. The minimum atomic E-state index is -0.155. The van der Waals surface area contributed by atoms with E-state index in [1.54, 1.807) is 24.3 Å². The number of hydrogen-bond acceptors (Lipinski definition) is 4. The Morgan fingerprint density at radius 3 is 2.08 bits per heavy atom. The molecule has 0 aliphatic heterocycles. The lowest BCUT2D eigenvalue weighted by Gasteiger charge is -2.21. The molecule has 0 fully saturated rings. The maximum atomic E-state index is 12.1. The highest BCUT2D eigenvalue weighted by molar-refractivity contribution is 5.95. The third-order valence-electron chi connectivity index (χ3n) is 3.92. The van der Waals surface area contributed by atoms with Crippen molar-refractivity contribution >= 4 is 34.6 Å². The molecule has 0 heterocycles. The van der Waals surface area contributed by atoms with Crippen LogP contribution in [0.2, 0.25) is 0 Å². The molecule has 0 unspecified atom stereocenters. The van der Waals surface area contributed by atoms with Crippen LogP contribution < -0.4 is 20.9 Å². The Hall–Kier alpha value is -3.02. The molecule has 26 heavy (non-hydrogen) atoms. The summed E-state index contributed by atoms with van der Waals surface area (Å²) in [5, 5.41) is 8.62. The molecule has 2 aromatic rings. The lowest BCUT2D eigenvalue weighted by atomic mass is 10.2. The summed E-state index contributed by atoms with van der Waals surface area (Å²) in [5.41, 5.74) is 3.35. The molecule has 0 aliphatic rings. The van der Waals surface area contributed by atoms with Gasteiger partial charge in [-0.2, -0.15) is 0 Å². The largest absolute Gasteiger partial charge is 0.376 e. The molecule has 0 aromatic heterocycles.